The maximum atomic E-state index is 12.9. The second-order valence-corrected chi connectivity index (χ2v) is 2.50. The van der Waals surface area contributed by atoms with Crippen molar-refractivity contribution in [3.63, 3.8) is 0 Å². The van der Waals surface area contributed by atoms with Crippen molar-refractivity contribution in [2.75, 3.05) is 0 Å². The monoisotopic (exact) mass is 189 g/mol. The molecule has 0 spiro atoms. The fourth-order valence-electron chi connectivity index (χ4n) is 0.754. The van der Waals surface area contributed by atoms with E-state index < -0.39 is 11.8 Å². The zero-order valence-corrected chi connectivity index (χ0v) is 6.68. The van der Waals surface area contributed by atoms with Gasteiger partial charge in [-0.2, -0.15) is 0 Å². The molecule has 0 aliphatic rings. The van der Waals surface area contributed by atoms with Crippen LogP contribution >= 0.6 is 11.6 Å². The van der Waals surface area contributed by atoms with Crippen molar-refractivity contribution < 1.29 is 14.3 Å². The molecular formula is C7H5ClFNO2. The van der Waals surface area contributed by atoms with Crippen LogP contribution < -0.4 is 0 Å². The molecule has 1 aromatic rings. The van der Waals surface area contributed by atoms with Crippen LogP contribution in [-0.2, 0) is 11.2 Å². The molecule has 0 saturated carbocycles. The standard InChI is InChI=1S/C7H5ClFNO2/c8-7-6(9)4(1-2-10-7)3-5(11)12/h1-2H,3H2,(H,11,12). The number of aliphatic carboxylic acids is 1. The van der Waals surface area contributed by atoms with E-state index in [-0.39, 0.29) is 17.1 Å². The number of carboxylic acid groups (broad SMARTS) is 1. The average molecular weight is 190 g/mol. The Hall–Kier alpha value is -1.16. The van der Waals surface area contributed by atoms with Gasteiger partial charge in [0.15, 0.2) is 11.0 Å². The van der Waals surface area contributed by atoms with Crippen LogP contribution in [0.2, 0.25) is 5.15 Å². The highest BCUT2D eigenvalue weighted by Crippen LogP contribution is 2.14. The van der Waals surface area contributed by atoms with Gasteiger partial charge in [0.2, 0.25) is 0 Å². The van der Waals surface area contributed by atoms with Crippen LogP contribution in [0.4, 0.5) is 4.39 Å². The Morgan fingerprint density at radius 2 is 2.42 bits per heavy atom. The maximum absolute atomic E-state index is 12.9. The van der Waals surface area contributed by atoms with Gasteiger partial charge in [-0.15, -0.1) is 0 Å². The summed E-state index contributed by atoms with van der Waals surface area (Å²) in [6.45, 7) is 0. The lowest BCUT2D eigenvalue weighted by atomic mass is 10.2. The number of halogens is 2. The largest absolute Gasteiger partial charge is 0.481 e. The van der Waals surface area contributed by atoms with Crippen LogP contribution in [0, 0.1) is 5.82 Å². The summed E-state index contributed by atoms with van der Waals surface area (Å²) in [6, 6.07) is 1.29. The summed E-state index contributed by atoms with van der Waals surface area (Å²) in [6.07, 6.45) is 0.887. The lowest BCUT2D eigenvalue weighted by Crippen LogP contribution is -2.03. The van der Waals surface area contributed by atoms with Crippen molar-refractivity contribution >= 4 is 17.6 Å². The number of pyridine rings is 1. The molecule has 0 aliphatic heterocycles. The topological polar surface area (TPSA) is 50.2 Å². The van der Waals surface area contributed by atoms with Crippen molar-refractivity contribution in [1.29, 1.82) is 0 Å². The molecular weight excluding hydrogens is 185 g/mol. The maximum Gasteiger partial charge on any atom is 0.307 e. The van der Waals surface area contributed by atoms with E-state index in [2.05, 4.69) is 4.98 Å². The second-order valence-electron chi connectivity index (χ2n) is 2.15. The van der Waals surface area contributed by atoms with E-state index in [1.165, 1.54) is 12.3 Å². The highest BCUT2D eigenvalue weighted by molar-refractivity contribution is 6.29. The van der Waals surface area contributed by atoms with Gasteiger partial charge in [-0.1, -0.05) is 11.6 Å². The summed E-state index contributed by atoms with van der Waals surface area (Å²) in [7, 11) is 0. The first-order valence-corrected chi connectivity index (χ1v) is 3.49. The molecule has 1 N–H and O–H groups in total. The molecule has 0 aliphatic carbocycles. The zero-order chi connectivity index (χ0) is 9.14. The van der Waals surface area contributed by atoms with Gasteiger partial charge in [0.25, 0.3) is 0 Å². The van der Waals surface area contributed by atoms with Gasteiger partial charge in [-0.05, 0) is 6.07 Å². The van der Waals surface area contributed by atoms with Crippen LogP contribution in [0.5, 0.6) is 0 Å². The van der Waals surface area contributed by atoms with Gasteiger partial charge in [-0.3, -0.25) is 4.79 Å². The molecule has 12 heavy (non-hydrogen) atoms. The Bertz CT molecular complexity index is 316. The molecule has 1 heterocycles. The number of carboxylic acids is 1. The minimum absolute atomic E-state index is 0.0440. The minimum Gasteiger partial charge on any atom is -0.481 e. The summed E-state index contributed by atoms with van der Waals surface area (Å²) in [4.78, 5) is 13.6. The number of hydrogen-bond acceptors (Lipinski definition) is 2. The number of hydrogen-bond donors (Lipinski definition) is 1. The molecule has 0 aromatic carbocycles. The van der Waals surface area contributed by atoms with Gasteiger partial charge < -0.3 is 5.11 Å². The van der Waals surface area contributed by atoms with Crippen LogP contribution in [-0.4, -0.2) is 16.1 Å². The first-order valence-electron chi connectivity index (χ1n) is 3.12. The van der Waals surface area contributed by atoms with E-state index in [4.69, 9.17) is 16.7 Å². The molecule has 3 nitrogen and oxygen atoms in total. The Labute approximate surface area is 72.8 Å². The molecule has 1 rings (SSSR count). The zero-order valence-electron chi connectivity index (χ0n) is 5.92. The van der Waals surface area contributed by atoms with Crippen LogP contribution in [0.25, 0.3) is 0 Å². The van der Waals surface area contributed by atoms with E-state index in [1.807, 2.05) is 0 Å². The third-order valence-electron chi connectivity index (χ3n) is 1.27. The molecule has 0 fully saturated rings. The van der Waals surface area contributed by atoms with E-state index in [0.29, 0.717) is 0 Å². The van der Waals surface area contributed by atoms with Crippen molar-refractivity contribution in [2.24, 2.45) is 0 Å². The number of carbonyl (C=O) groups is 1. The van der Waals surface area contributed by atoms with Gasteiger partial charge >= 0.3 is 5.97 Å². The first kappa shape index (κ1) is 8.93. The van der Waals surface area contributed by atoms with Crippen LogP contribution in [0.3, 0.4) is 0 Å². The van der Waals surface area contributed by atoms with Crippen LogP contribution in [0.1, 0.15) is 5.56 Å². The van der Waals surface area contributed by atoms with Gasteiger partial charge in [0, 0.05) is 11.8 Å². The minimum atomic E-state index is -1.10. The van der Waals surface area contributed by atoms with Crippen molar-refractivity contribution in [3.8, 4) is 0 Å². The van der Waals surface area contributed by atoms with E-state index in [1.54, 1.807) is 0 Å². The van der Waals surface area contributed by atoms with Crippen molar-refractivity contribution in [3.05, 3.63) is 28.8 Å². The lowest BCUT2D eigenvalue weighted by Gasteiger charge is -1.99. The molecule has 64 valence electrons. The summed E-state index contributed by atoms with van der Waals surface area (Å²) in [5.74, 6) is -1.86. The summed E-state index contributed by atoms with van der Waals surface area (Å²) < 4.78 is 12.9. The molecule has 5 heteroatoms. The molecule has 0 amide bonds. The molecule has 1 aromatic heterocycles. The molecule has 0 atom stereocenters. The lowest BCUT2D eigenvalue weighted by molar-refractivity contribution is -0.136. The smallest absolute Gasteiger partial charge is 0.307 e. The summed E-state index contributed by atoms with van der Waals surface area (Å²) in [5.41, 5.74) is 0.0440. The quantitative estimate of drug-likeness (QED) is 0.718. The van der Waals surface area contributed by atoms with Gasteiger partial charge in [0.1, 0.15) is 0 Å². The van der Waals surface area contributed by atoms with E-state index in [9.17, 15) is 9.18 Å². The third-order valence-corrected chi connectivity index (χ3v) is 1.53. The van der Waals surface area contributed by atoms with Crippen molar-refractivity contribution in [1.82, 2.24) is 4.98 Å². The summed E-state index contributed by atoms with van der Waals surface area (Å²) >= 11 is 5.32. The summed E-state index contributed by atoms with van der Waals surface area (Å²) in [5, 5.41) is 8.05. The Morgan fingerprint density at radius 1 is 1.75 bits per heavy atom. The molecule has 0 radical (unpaired) electrons. The molecule has 0 unspecified atom stereocenters. The molecule has 0 saturated heterocycles. The predicted octanol–water partition coefficient (Wildman–Crippen LogP) is 1.50. The van der Waals surface area contributed by atoms with Crippen molar-refractivity contribution in [2.45, 2.75) is 6.42 Å². The number of nitrogens with zero attached hydrogens (tertiary/aromatic N) is 1. The first-order chi connectivity index (χ1) is 5.61. The third kappa shape index (κ3) is 1.92. The van der Waals surface area contributed by atoms with E-state index in [0.717, 1.165) is 0 Å². The van der Waals surface area contributed by atoms with E-state index >= 15 is 0 Å². The predicted molar refractivity (Wildman–Crippen MR) is 40.5 cm³/mol. The second kappa shape index (κ2) is 3.49. The molecule has 0 bridgehead atoms. The average Bonchev–Trinajstić information content (AvgIpc) is 1.98. The number of rotatable bonds is 2. The number of aromatic nitrogens is 1. The van der Waals surface area contributed by atoms with Gasteiger partial charge in [0.05, 0.1) is 6.42 Å². The Kier molecular flexibility index (Phi) is 2.60. The van der Waals surface area contributed by atoms with Crippen LogP contribution in [0.15, 0.2) is 12.3 Å². The highest BCUT2D eigenvalue weighted by atomic mass is 35.5. The fraction of sp³-hybridized carbons (Fsp3) is 0.143. The fourth-order valence-corrected chi connectivity index (χ4v) is 0.932. The normalized spacial score (nSPS) is 9.83. The SMILES string of the molecule is O=C(O)Cc1ccnc(Cl)c1F. The highest BCUT2D eigenvalue weighted by Gasteiger charge is 2.09. The Morgan fingerprint density at radius 3 is 3.00 bits per heavy atom. The Balaban J connectivity index is 3.00. The van der Waals surface area contributed by atoms with Gasteiger partial charge in [-0.25, -0.2) is 9.37 Å².